The molecule has 0 spiro atoms. The first-order valence-corrected chi connectivity index (χ1v) is 8.28. The minimum atomic E-state index is -0.162. The lowest BCUT2D eigenvalue weighted by atomic mass is 10.1. The van der Waals surface area contributed by atoms with Gasteiger partial charge in [-0.3, -0.25) is 14.9 Å². The highest BCUT2D eigenvalue weighted by molar-refractivity contribution is 6.04. The van der Waals surface area contributed by atoms with Crippen molar-refractivity contribution < 1.29 is 4.79 Å². The van der Waals surface area contributed by atoms with Crippen molar-refractivity contribution in [2.45, 2.75) is 13.3 Å². The van der Waals surface area contributed by atoms with Crippen molar-refractivity contribution in [2.75, 3.05) is 6.54 Å². The molecule has 0 fully saturated rings. The molecule has 0 saturated heterocycles. The summed E-state index contributed by atoms with van der Waals surface area (Å²) < 4.78 is 0. The molecule has 1 amide bonds. The number of aromatic nitrogens is 3. The molecule has 2 N–H and O–H groups in total. The van der Waals surface area contributed by atoms with Crippen LogP contribution in [0.25, 0.3) is 21.8 Å². The molecule has 5 nitrogen and oxygen atoms in total. The van der Waals surface area contributed by atoms with Gasteiger partial charge >= 0.3 is 0 Å². The van der Waals surface area contributed by atoms with Crippen molar-refractivity contribution in [3.8, 4) is 0 Å². The summed E-state index contributed by atoms with van der Waals surface area (Å²) in [5, 5.41) is 12.0. The van der Waals surface area contributed by atoms with Crippen LogP contribution in [0.4, 0.5) is 0 Å². The molecule has 0 aliphatic rings. The van der Waals surface area contributed by atoms with E-state index >= 15 is 0 Å². The zero-order valence-electron chi connectivity index (χ0n) is 13.9. The van der Waals surface area contributed by atoms with E-state index in [1.54, 1.807) is 6.20 Å². The smallest absolute Gasteiger partial charge is 0.272 e. The molecule has 2 aromatic heterocycles. The third-order valence-corrected chi connectivity index (χ3v) is 4.33. The number of amides is 1. The maximum absolute atomic E-state index is 12.5. The van der Waals surface area contributed by atoms with E-state index in [9.17, 15) is 4.79 Å². The van der Waals surface area contributed by atoms with Gasteiger partial charge in [-0.2, -0.15) is 5.10 Å². The molecule has 4 aromatic rings. The fourth-order valence-electron chi connectivity index (χ4n) is 3.06. The summed E-state index contributed by atoms with van der Waals surface area (Å²) in [5.41, 5.74) is 4.52. The lowest BCUT2D eigenvalue weighted by Crippen LogP contribution is -2.26. The largest absolute Gasteiger partial charge is 0.350 e. The minimum Gasteiger partial charge on any atom is -0.350 e. The highest BCUT2D eigenvalue weighted by Gasteiger charge is 2.14. The van der Waals surface area contributed by atoms with E-state index in [4.69, 9.17) is 0 Å². The first-order chi connectivity index (χ1) is 12.2. The van der Waals surface area contributed by atoms with E-state index in [0.717, 1.165) is 39.4 Å². The van der Waals surface area contributed by atoms with E-state index in [0.29, 0.717) is 12.2 Å². The zero-order valence-corrected chi connectivity index (χ0v) is 13.9. The van der Waals surface area contributed by atoms with Crippen LogP contribution >= 0.6 is 0 Å². The van der Waals surface area contributed by atoms with E-state index in [2.05, 4.69) is 26.6 Å². The Morgan fingerprint density at radius 2 is 2.04 bits per heavy atom. The Morgan fingerprint density at radius 3 is 2.96 bits per heavy atom. The van der Waals surface area contributed by atoms with Gasteiger partial charge in [0, 0.05) is 23.5 Å². The number of hydrogen-bond donors (Lipinski definition) is 2. The highest BCUT2D eigenvalue weighted by Crippen LogP contribution is 2.18. The van der Waals surface area contributed by atoms with Crippen LogP contribution < -0.4 is 5.32 Å². The Kier molecular flexibility index (Phi) is 3.90. The van der Waals surface area contributed by atoms with Gasteiger partial charge in [-0.15, -0.1) is 0 Å². The lowest BCUT2D eigenvalue weighted by molar-refractivity contribution is 0.0951. The topological polar surface area (TPSA) is 70.7 Å². The van der Waals surface area contributed by atoms with Crippen LogP contribution in [0.15, 0.2) is 54.7 Å². The highest BCUT2D eigenvalue weighted by atomic mass is 16.1. The number of para-hydroxylation sites is 1. The van der Waals surface area contributed by atoms with Crippen LogP contribution in [0.5, 0.6) is 0 Å². The SMILES string of the molecule is Cc1ccc2[nH]nc(C(=O)NCCc3cccc4cccnc34)c2c1. The van der Waals surface area contributed by atoms with Gasteiger partial charge in [0.1, 0.15) is 0 Å². The summed E-state index contributed by atoms with van der Waals surface area (Å²) in [6.07, 6.45) is 2.52. The third-order valence-electron chi connectivity index (χ3n) is 4.33. The Morgan fingerprint density at radius 1 is 1.16 bits per heavy atom. The normalized spacial score (nSPS) is 11.1. The predicted octanol–water partition coefficient (Wildman–Crippen LogP) is 3.39. The van der Waals surface area contributed by atoms with Gasteiger partial charge in [0.05, 0.1) is 11.0 Å². The van der Waals surface area contributed by atoms with Gasteiger partial charge in [0.15, 0.2) is 5.69 Å². The number of rotatable bonds is 4. The fourth-order valence-corrected chi connectivity index (χ4v) is 3.06. The molecule has 0 bridgehead atoms. The molecule has 124 valence electrons. The summed E-state index contributed by atoms with van der Waals surface area (Å²) in [4.78, 5) is 16.9. The number of nitrogens with one attached hydrogen (secondary N) is 2. The van der Waals surface area contributed by atoms with Crippen molar-refractivity contribution >= 4 is 27.7 Å². The van der Waals surface area contributed by atoms with E-state index < -0.39 is 0 Å². The Balaban J connectivity index is 1.49. The number of carbonyl (C=O) groups is 1. The number of hydrogen-bond acceptors (Lipinski definition) is 3. The molecule has 0 radical (unpaired) electrons. The first-order valence-electron chi connectivity index (χ1n) is 8.28. The summed E-state index contributed by atoms with van der Waals surface area (Å²) in [6, 6.07) is 16.0. The number of nitrogens with zero attached hydrogens (tertiary/aromatic N) is 2. The van der Waals surface area contributed by atoms with Crippen molar-refractivity contribution in [3.63, 3.8) is 0 Å². The van der Waals surface area contributed by atoms with Gasteiger partial charge in [-0.1, -0.05) is 35.9 Å². The van der Waals surface area contributed by atoms with Crippen LogP contribution in [-0.2, 0) is 6.42 Å². The van der Waals surface area contributed by atoms with Crippen LogP contribution in [0.2, 0.25) is 0 Å². The average Bonchev–Trinajstić information content (AvgIpc) is 3.05. The molecule has 0 aliphatic carbocycles. The summed E-state index contributed by atoms with van der Waals surface area (Å²) in [6.45, 7) is 2.54. The van der Waals surface area contributed by atoms with Gasteiger partial charge < -0.3 is 5.32 Å². The Bertz CT molecular complexity index is 1060. The predicted molar refractivity (Wildman–Crippen MR) is 98.6 cm³/mol. The molecule has 4 rings (SSSR count). The Labute approximate surface area is 145 Å². The molecule has 0 unspecified atom stereocenters. The molecule has 5 heteroatoms. The first kappa shape index (κ1) is 15.3. The molecule has 0 aliphatic heterocycles. The Hall–Kier alpha value is -3.21. The van der Waals surface area contributed by atoms with Crippen molar-refractivity contribution in [3.05, 3.63) is 71.5 Å². The van der Waals surface area contributed by atoms with Crippen molar-refractivity contribution in [2.24, 2.45) is 0 Å². The zero-order chi connectivity index (χ0) is 17.2. The second kappa shape index (κ2) is 6.36. The number of carbonyl (C=O) groups excluding carboxylic acids is 1. The van der Waals surface area contributed by atoms with Gasteiger partial charge in [-0.25, -0.2) is 0 Å². The molecular weight excluding hydrogens is 312 g/mol. The molecule has 0 atom stereocenters. The second-order valence-corrected chi connectivity index (χ2v) is 6.12. The number of aryl methyl sites for hydroxylation is 1. The number of benzene rings is 2. The number of pyridine rings is 1. The maximum Gasteiger partial charge on any atom is 0.272 e. The quantitative estimate of drug-likeness (QED) is 0.602. The molecule has 2 aromatic carbocycles. The van der Waals surface area contributed by atoms with Crippen LogP contribution in [0.1, 0.15) is 21.6 Å². The van der Waals surface area contributed by atoms with E-state index in [1.807, 2.05) is 49.4 Å². The van der Waals surface area contributed by atoms with E-state index in [1.165, 1.54) is 0 Å². The monoisotopic (exact) mass is 330 g/mol. The molecular formula is C20H18N4O. The number of H-pyrrole nitrogens is 1. The fraction of sp³-hybridized carbons (Fsp3) is 0.150. The van der Waals surface area contributed by atoms with Crippen molar-refractivity contribution in [1.29, 1.82) is 0 Å². The van der Waals surface area contributed by atoms with Crippen LogP contribution in [0, 0.1) is 6.92 Å². The van der Waals surface area contributed by atoms with Crippen molar-refractivity contribution in [1.82, 2.24) is 20.5 Å². The minimum absolute atomic E-state index is 0.162. The third kappa shape index (κ3) is 2.96. The van der Waals surface area contributed by atoms with Gasteiger partial charge in [0.25, 0.3) is 5.91 Å². The van der Waals surface area contributed by atoms with Crippen LogP contribution in [0.3, 0.4) is 0 Å². The average molecular weight is 330 g/mol. The number of fused-ring (bicyclic) bond motifs is 2. The second-order valence-electron chi connectivity index (χ2n) is 6.12. The lowest BCUT2D eigenvalue weighted by Gasteiger charge is -2.07. The van der Waals surface area contributed by atoms with E-state index in [-0.39, 0.29) is 5.91 Å². The molecule has 0 saturated carbocycles. The summed E-state index contributed by atoms with van der Waals surface area (Å²) >= 11 is 0. The van der Waals surface area contributed by atoms with Gasteiger partial charge in [0.2, 0.25) is 0 Å². The number of aromatic amines is 1. The molecule has 2 heterocycles. The summed E-state index contributed by atoms with van der Waals surface area (Å²) in [5.74, 6) is -0.162. The maximum atomic E-state index is 12.5. The standard InChI is InChI=1S/C20H18N4O/c1-13-7-8-17-16(12-13)19(24-23-17)20(25)22-11-9-15-5-2-4-14-6-3-10-21-18(14)15/h2-8,10,12H,9,11H2,1H3,(H,22,25)(H,23,24). The van der Waals surface area contributed by atoms with Crippen LogP contribution in [-0.4, -0.2) is 27.6 Å². The molecule has 25 heavy (non-hydrogen) atoms. The summed E-state index contributed by atoms with van der Waals surface area (Å²) in [7, 11) is 0. The van der Waals surface area contributed by atoms with Gasteiger partial charge in [-0.05, 0) is 37.1 Å².